The number of carbonyl (C=O) groups excluding carboxylic acids is 1. The molecule has 0 radical (unpaired) electrons. The number of hydrogen-bond donors (Lipinski definition) is 1. The molecule has 1 aromatic heterocycles. The van der Waals surface area contributed by atoms with Crippen LogP contribution >= 0.6 is 0 Å². The van der Waals surface area contributed by atoms with E-state index >= 15 is 0 Å². The van der Waals surface area contributed by atoms with Gasteiger partial charge in [0.25, 0.3) is 5.91 Å². The van der Waals surface area contributed by atoms with Gasteiger partial charge in [0.15, 0.2) is 0 Å². The van der Waals surface area contributed by atoms with Gasteiger partial charge in [-0.05, 0) is 24.7 Å². The summed E-state index contributed by atoms with van der Waals surface area (Å²) in [6.07, 6.45) is 8.21. The van der Waals surface area contributed by atoms with Gasteiger partial charge in [-0.25, -0.2) is 17.7 Å². The highest BCUT2D eigenvalue weighted by Gasteiger charge is 2.50. The van der Waals surface area contributed by atoms with Crippen molar-refractivity contribution in [3.63, 3.8) is 0 Å². The SMILES string of the molecule is CS(=O)(=O)N1CCC2(CC(NC(=O)c3cnccn3)C2)C1. The van der Waals surface area contributed by atoms with Crippen molar-refractivity contribution in [2.75, 3.05) is 19.3 Å². The normalized spacial score (nSPS) is 29.3. The minimum Gasteiger partial charge on any atom is -0.348 e. The molecule has 1 amide bonds. The molecule has 1 N–H and O–H groups in total. The fourth-order valence-corrected chi connectivity index (χ4v) is 4.21. The highest BCUT2D eigenvalue weighted by Crippen LogP contribution is 2.48. The summed E-state index contributed by atoms with van der Waals surface area (Å²) >= 11 is 0. The van der Waals surface area contributed by atoms with E-state index in [1.165, 1.54) is 29.2 Å². The van der Waals surface area contributed by atoms with Crippen molar-refractivity contribution >= 4 is 15.9 Å². The molecular formula is C13H18N4O3S. The van der Waals surface area contributed by atoms with Crippen molar-refractivity contribution in [3.8, 4) is 0 Å². The molecule has 2 aliphatic rings. The number of nitrogens with one attached hydrogen (secondary N) is 1. The van der Waals surface area contributed by atoms with E-state index in [1.807, 2.05) is 0 Å². The monoisotopic (exact) mass is 310 g/mol. The zero-order valence-electron chi connectivity index (χ0n) is 11.8. The molecule has 1 saturated heterocycles. The maximum Gasteiger partial charge on any atom is 0.271 e. The summed E-state index contributed by atoms with van der Waals surface area (Å²) in [5.41, 5.74) is 0.353. The number of nitrogens with zero attached hydrogens (tertiary/aromatic N) is 3. The van der Waals surface area contributed by atoms with E-state index < -0.39 is 10.0 Å². The van der Waals surface area contributed by atoms with Gasteiger partial charge in [0.05, 0.1) is 12.5 Å². The summed E-state index contributed by atoms with van der Waals surface area (Å²) in [7, 11) is -3.11. The molecule has 1 saturated carbocycles. The quantitative estimate of drug-likeness (QED) is 0.850. The first kappa shape index (κ1) is 14.4. The van der Waals surface area contributed by atoms with Crippen LogP contribution in [0.4, 0.5) is 0 Å². The van der Waals surface area contributed by atoms with Crippen LogP contribution in [-0.4, -0.2) is 54.0 Å². The lowest BCUT2D eigenvalue weighted by molar-refractivity contribution is 0.0725. The number of sulfonamides is 1. The molecule has 7 nitrogen and oxygen atoms in total. The Labute approximate surface area is 123 Å². The van der Waals surface area contributed by atoms with Crippen LogP contribution in [0, 0.1) is 5.41 Å². The second-order valence-electron chi connectivity index (χ2n) is 6.02. The zero-order valence-corrected chi connectivity index (χ0v) is 12.6. The van der Waals surface area contributed by atoms with E-state index in [1.54, 1.807) is 0 Å². The van der Waals surface area contributed by atoms with Gasteiger partial charge in [0.1, 0.15) is 5.69 Å². The fourth-order valence-electron chi connectivity index (χ4n) is 3.27. The maximum absolute atomic E-state index is 12.0. The van der Waals surface area contributed by atoms with E-state index in [0.717, 1.165) is 19.3 Å². The van der Waals surface area contributed by atoms with Gasteiger partial charge < -0.3 is 5.32 Å². The molecule has 2 heterocycles. The van der Waals surface area contributed by atoms with Gasteiger partial charge in [0.2, 0.25) is 10.0 Å². The maximum atomic E-state index is 12.0. The Morgan fingerprint density at radius 1 is 1.43 bits per heavy atom. The van der Waals surface area contributed by atoms with Crippen LogP contribution in [0.25, 0.3) is 0 Å². The van der Waals surface area contributed by atoms with E-state index in [9.17, 15) is 13.2 Å². The predicted octanol–water partition coefficient (Wildman–Crippen LogP) is 0.0205. The molecule has 0 unspecified atom stereocenters. The smallest absolute Gasteiger partial charge is 0.271 e. The average molecular weight is 310 g/mol. The van der Waals surface area contributed by atoms with Crippen molar-refractivity contribution in [3.05, 3.63) is 24.3 Å². The molecule has 3 rings (SSSR count). The van der Waals surface area contributed by atoms with Crippen LogP contribution in [0.5, 0.6) is 0 Å². The molecule has 1 aromatic rings. The third-order valence-corrected chi connectivity index (χ3v) is 5.61. The molecule has 1 aliphatic carbocycles. The number of amides is 1. The minimum absolute atomic E-state index is 0.0450. The van der Waals surface area contributed by atoms with E-state index in [0.29, 0.717) is 18.8 Å². The Morgan fingerprint density at radius 3 is 2.76 bits per heavy atom. The Kier molecular flexibility index (Phi) is 3.45. The molecule has 0 bridgehead atoms. The van der Waals surface area contributed by atoms with Gasteiger partial charge in [-0.1, -0.05) is 0 Å². The summed E-state index contributed by atoms with van der Waals surface area (Å²) in [6, 6.07) is 0.0963. The standard InChI is InChI=1S/C13H18N4O3S/c1-21(19,20)17-5-2-13(9-17)6-10(7-13)16-12(18)11-8-14-3-4-15-11/h3-4,8,10H,2,5-7,9H2,1H3,(H,16,18). The van der Waals surface area contributed by atoms with Crippen molar-refractivity contribution in [2.45, 2.75) is 25.3 Å². The molecule has 114 valence electrons. The number of rotatable bonds is 3. The molecule has 0 atom stereocenters. The molecule has 8 heteroatoms. The second-order valence-corrected chi connectivity index (χ2v) is 8.00. The topological polar surface area (TPSA) is 92.3 Å². The van der Waals surface area contributed by atoms with Gasteiger partial charge >= 0.3 is 0 Å². The lowest BCUT2D eigenvalue weighted by Crippen LogP contribution is -2.52. The summed E-state index contributed by atoms with van der Waals surface area (Å²) in [4.78, 5) is 19.8. The largest absolute Gasteiger partial charge is 0.348 e. The summed E-state index contributed by atoms with van der Waals surface area (Å²) in [5, 5.41) is 2.93. The number of aromatic nitrogens is 2. The fraction of sp³-hybridized carbons (Fsp3) is 0.615. The van der Waals surface area contributed by atoms with E-state index in [-0.39, 0.29) is 17.4 Å². The van der Waals surface area contributed by atoms with E-state index in [2.05, 4.69) is 15.3 Å². The number of carbonyl (C=O) groups is 1. The third kappa shape index (κ3) is 2.91. The molecule has 1 aliphatic heterocycles. The number of hydrogen-bond acceptors (Lipinski definition) is 5. The van der Waals surface area contributed by atoms with Gasteiger partial charge in [0, 0.05) is 31.5 Å². The highest BCUT2D eigenvalue weighted by molar-refractivity contribution is 7.88. The second kappa shape index (κ2) is 5.03. The van der Waals surface area contributed by atoms with Crippen molar-refractivity contribution < 1.29 is 13.2 Å². The molecule has 1 spiro atoms. The van der Waals surface area contributed by atoms with Crippen molar-refractivity contribution in [1.82, 2.24) is 19.6 Å². The lowest BCUT2D eigenvalue weighted by Gasteiger charge is -2.45. The molecule has 0 aromatic carbocycles. The molecular weight excluding hydrogens is 292 g/mol. The Bertz CT molecular complexity index is 641. The van der Waals surface area contributed by atoms with Crippen molar-refractivity contribution in [2.24, 2.45) is 5.41 Å². The highest BCUT2D eigenvalue weighted by atomic mass is 32.2. The molecule has 21 heavy (non-hydrogen) atoms. The Hall–Kier alpha value is -1.54. The zero-order chi connectivity index (χ0) is 15.1. The van der Waals surface area contributed by atoms with Crippen LogP contribution in [0.2, 0.25) is 0 Å². The summed E-state index contributed by atoms with van der Waals surface area (Å²) in [5.74, 6) is -0.221. The summed E-state index contributed by atoms with van der Waals surface area (Å²) in [6.45, 7) is 1.16. The minimum atomic E-state index is -3.11. The Balaban J connectivity index is 1.54. The van der Waals surface area contributed by atoms with Crippen molar-refractivity contribution in [1.29, 1.82) is 0 Å². The first-order valence-electron chi connectivity index (χ1n) is 6.90. The van der Waals surface area contributed by atoms with Crippen LogP contribution in [0.15, 0.2) is 18.6 Å². The Morgan fingerprint density at radius 2 is 2.19 bits per heavy atom. The van der Waals surface area contributed by atoms with Gasteiger partial charge in [-0.2, -0.15) is 0 Å². The first-order valence-corrected chi connectivity index (χ1v) is 8.75. The third-order valence-electron chi connectivity index (χ3n) is 4.36. The average Bonchev–Trinajstić information content (AvgIpc) is 2.84. The van der Waals surface area contributed by atoms with Crippen LogP contribution in [-0.2, 0) is 10.0 Å². The lowest BCUT2D eigenvalue weighted by atomic mass is 9.65. The van der Waals surface area contributed by atoms with Crippen LogP contribution in [0.1, 0.15) is 29.8 Å². The molecule has 2 fully saturated rings. The summed E-state index contributed by atoms with van der Waals surface area (Å²) < 4.78 is 24.6. The predicted molar refractivity (Wildman–Crippen MR) is 76.0 cm³/mol. The van der Waals surface area contributed by atoms with Gasteiger partial charge in [-0.15, -0.1) is 0 Å². The first-order chi connectivity index (χ1) is 9.88. The van der Waals surface area contributed by atoms with Gasteiger partial charge in [-0.3, -0.25) is 9.78 Å². The van der Waals surface area contributed by atoms with E-state index in [4.69, 9.17) is 0 Å². The van der Waals surface area contributed by atoms with Crippen LogP contribution in [0.3, 0.4) is 0 Å². The van der Waals surface area contributed by atoms with Crippen LogP contribution < -0.4 is 5.32 Å².